The van der Waals surface area contributed by atoms with E-state index in [1.54, 1.807) is 24.3 Å². The van der Waals surface area contributed by atoms with E-state index in [1.165, 1.54) is 6.92 Å². The summed E-state index contributed by atoms with van der Waals surface area (Å²) < 4.78 is 0. The van der Waals surface area contributed by atoms with Crippen LogP contribution in [0.3, 0.4) is 0 Å². The van der Waals surface area contributed by atoms with Crippen molar-refractivity contribution in [1.29, 1.82) is 0 Å². The standard InChI is InChI=1S/C20H24N2O3/c1-15(24)22-18-10-8-17(9-11-18)19(25)21-13-20(2,14-23)12-16-6-4-3-5-7-16/h3-11,23H,12-14H2,1-2H3,(H,21,25)(H,22,24)/t20-/m0/s1. The first-order valence-electron chi connectivity index (χ1n) is 8.22. The Balaban J connectivity index is 1.96. The average molecular weight is 340 g/mol. The Bertz CT molecular complexity index is 713. The van der Waals surface area contributed by atoms with Gasteiger partial charge in [-0.3, -0.25) is 9.59 Å². The summed E-state index contributed by atoms with van der Waals surface area (Å²) in [6, 6.07) is 16.6. The van der Waals surface area contributed by atoms with Gasteiger partial charge in [0.25, 0.3) is 5.91 Å². The second-order valence-corrected chi connectivity index (χ2v) is 6.57. The number of nitrogens with one attached hydrogen (secondary N) is 2. The van der Waals surface area contributed by atoms with E-state index in [-0.39, 0.29) is 18.4 Å². The molecular weight excluding hydrogens is 316 g/mol. The second-order valence-electron chi connectivity index (χ2n) is 6.57. The first kappa shape index (κ1) is 18.7. The molecule has 0 bridgehead atoms. The normalized spacial score (nSPS) is 12.9. The van der Waals surface area contributed by atoms with Crippen molar-refractivity contribution in [2.75, 3.05) is 18.5 Å². The lowest BCUT2D eigenvalue weighted by atomic mass is 9.84. The average Bonchev–Trinajstić information content (AvgIpc) is 2.61. The van der Waals surface area contributed by atoms with Crippen molar-refractivity contribution in [3.8, 4) is 0 Å². The van der Waals surface area contributed by atoms with Crippen LogP contribution in [0.2, 0.25) is 0 Å². The van der Waals surface area contributed by atoms with Crippen molar-refractivity contribution >= 4 is 17.5 Å². The molecule has 5 nitrogen and oxygen atoms in total. The maximum absolute atomic E-state index is 12.3. The highest BCUT2D eigenvalue weighted by atomic mass is 16.3. The number of anilines is 1. The molecule has 0 heterocycles. The van der Waals surface area contributed by atoms with Gasteiger partial charge >= 0.3 is 0 Å². The number of aliphatic hydroxyl groups is 1. The van der Waals surface area contributed by atoms with Gasteiger partial charge in [-0.2, -0.15) is 0 Å². The monoisotopic (exact) mass is 340 g/mol. The molecule has 0 spiro atoms. The van der Waals surface area contributed by atoms with Crippen molar-refractivity contribution in [2.45, 2.75) is 20.3 Å². The summed E-state index contributed by atoms with van der Waals surface area (Å²) in [4.78, 5) is 23.3. The minimum Gasteiger partial charge on any atom is -0.396 e. The van der Waals surface area contributed by atoms with Gasteiger partial charge in [0.2, 0.25) is 5.91 Å². The quantitative estimate of drug-likeness (QED) is 0.725. The molecule has 0 unspecified atom stereocenters. The maximum atomic E-state index is 12.3. The van der Waals surface area contributed by atoms with Crippen molar-refractivity contribution < 1.29 is 14.7 Å². The Labute approximate surface area is 148 Å². The van der Waals surface area contributed by atoms with Crippen LogP contribution in [0.15, 0.2) is 54.6 Å². The molecule has 0 saturated heterocycles. The predicted octanol–water partition coefficient (Wildman–Crippen LogP) is 2.62. The summed E-state index contributed by atoms with van der Waals surface area (Å²) in [5, 5.41) is 15.3. The van der Waals surface area contributed by atoms with Gasteiger partial charge in [0.15, 0.2) is 0 Å². The molecule has 0 radical (unpaired) electrons. The van der Waals surface area contributed by atoms with Crippen LogP contribution in [0.4, 0.5) is 5.69 Å². The highest BCUT2D eigenvalue weighted by Gasteiger charge is 2.25. The predicted molar refractivity (Wildman–Crippen MR) is 98.4 cm³/mol. The third-order valence-corrected chi connectivity index (χ3v) is 4.00. The van der Waals surface area contributed by atoms with E-state index in [4.69, 9.17) is 0 Å². The Morgan fingerprint density at radius 1 is 1.04 bits per heavy atom. The van der Waals surface area contributed by atoms with Gasteiger partial charge in [0.05, 0.1) is 6.61 Å². The lowest BCUT2D eigenvalue weighted by molar-refractivity contribution is -0.114. The van der Waals surface area contributed by atoms with Gasteiger partial charge in [-0.15, -0.1) is 0 Å². The van der Waals surface area contributed by atoms with Crippen LogP contribution in [0, 0.1) is 5.41 Å². The zero-order valence-corrected chi connectivity index (χ0v) is 14.6. The molecule has 0 saturated carbocycles. The van der Waals surface area contributed by atoms with Gasteiger partial charge in [-0.25, -0.2) is 0 Å². The van der Waals surface area contributed by atoms with Gasteiger partial charge in [0, 0.05) is 30.1 Å². The summed E-state index contributed by atoms with van der Waals surface area (Å²) in [7, 11) is 0. The summed E-state index contributed by atoms with van der Waals surface area (Å²) >= 11 is 0. The molecule has 0 aliphatic rings. The molecule has 0 aliphatic carbocycles. The number of amides is 2. The number of carbonyl (C=O) groups is 2. The molecule has 2 rings (SSSR count). The molecule has 3 N–H and O–H groups in total. The first-order chi connectivity index (χ1) is 11.9. The van der Waals surface area contributed by atoms with E-state index >= 15 is 0 Å². The molecule has 1 atom stereocenters. The minimum atomic E-state index is -0.437. The number of hydrogen-bond donors (Lipinski definition) is 3. The zero-order valence-electron chi connectivity index (χ0n) is 14.6. The smallest absolute Gasteiger partial charge is 0.251 e. The molecule has 25 heavy (non-hydrogen) atoms. The van der Waals surface area contributed by atoms with Crippen LogP contribution in [0.1, 0.15) is 29.8 Å². The number of carbonyl (C=O) groups excluding carboxylic acids is 2. The fraction of sp³-hybridized carbons (Fsp3) is 0.300. The van der Waals surface area contributed by atoms with E-state index in [2.05, 4.69) is 10.6 Å². The van der Waals surface area contributed by atoms with Gasteiger partial charge < -0.3 is 15.7 Å². The van der Waals surface area contributed by atoms with E-state index in [1.807, 2.05) is 37.3 Å². The fourth-order valence-electron chi connectivity index (χ4n) is 2.57. The molecular formula is C20H24N2O3. The van der Waals surface area contributed by atoms with E-state index < -0.39 is 5.41 Å². The molecule has 2 aromatic rings. The molecule has 2 amide bonds. The maximum Gasteiger partial charge on any atom is 0.251 e. The van der Waals surface area contributed by atoms with Crippen LogP contribution in [-0.2, 0) is 11.2 Å². The van der Waals surface area contributed by atoms with E-state index in [9.17, 15) is 14.7 Å². The zero-order chi connectivity index (χ0) is 18.3. The Hall–Kier alpha value is -2.66. The number of rotatable bonds is 7. The Morgan fingerprint density at radius 3 is 2.24 bits per heavy atom. The molecule has 0 fully saturated rings. The third kappa shape index (κ3) is 5.72. The van der Waals surface area contributed by atoms with Gasteiger partial charge in [0.1, 0.15) is 0 Å². The van der Waals surface area contributed by atoms with Crippen LogP contribution in [-0.4, -0.2) is 30.1 Å². The molecule has 132 valence electrons. The van der Waals surface area contributed by atoms with Crippen LogP contribution < -0.4 is 10.6 Å². The topological polar surface area (TPSA) is 78.4 Å². The van der Waals surface area contributed by atoms with Crippen molar-refractivity contribution in [2.24, 2.45) is 5.41 Å². The van der Waals surface area contributed by atoms with E-state index in [0.717, 1.165) is 5.56 Å². The SMILES string of the molecule is CC(=O)Nc1ccc(C(=O)NC[C@@](C)(CO)Cc2ccccc2)cc1. The highest BCUT2D eigenvalue weighted by Crippen LogP contribution is 2.21. The van der Waals surface area contributed by atoms with Crippen molar-refractivity contribution in [3.63, 3.8) is 0 Å². The third-order valence-electron chi connectivity index (χ3n) is 4.00. The molecule has 5 heteroatoms. The summed E-state index contributed by atoms with van der Waals surface area (Å²) in [5.41, 5.74) is 1.84. The lowest BCUT2D eigenvalue weighted by Crippen LogP contribution is -2.39. The van der Waals surface area contributed by atoms with Crippen LogP contribution >= 0.6 is 0 Å². The Morgan fingerprint density at radius 2 is 1.68 bits per heavy atom. The summed E-state index contributed by atoms with van der Waals surface area (Å²) in [6.07, 6.45) is 0.673. The summed E-state index contributed by atoms with van der Waals surface area (Å²) in [5.74, 6) is -0.362. The lowest BCUT2D eigenvalue weighted by Gasteiger charge is -2.27. The number of benzene rings is 2. The van der Waals surface area contributed by atoms with Gasteiger partial charge in [-0.05, 0) is 36.2 Å². The minimum absolute atomic E-state index is 0.0242. The molecule has 0 aromatic heterocycles. The molecule has 2 aromatic carbocycles. The van der Waals surface area contributed by atoms with Crippen molar-refractivity contribution in [3.05, 3.63) is 65.7 Å². The number of aliphatic hydroxyl groups excluding tert-OH is 1. The summed E-state index contributed by atoms with van der Waals surface area (Å²) in [6.45, 7) is 3.72. The fourth-order valence-corrected chi connectivity index (χ4v) is 2.57. The molecule has 0 aliphatic heterocycles. The second kappa shape index (κ2) is 8.44. The largest absolute Gasteiger partial charge is 0.396 e. The van der Waals surface area contributed by atoms with Crippen molar-refractivity contribution in [1.82, 2.24) is 5.32 Å². The van der Waals surface area contributed by atoms with Gasteiger partial charge in [-0.1, -0.05) is 37.3 Å². The highest BCUT2D eigenvalue weighted by molar-refractivity contribution is 5.95. The van der Waals surface area contributed by atoms with E-state index in [0.29, 0.717) is 24.2 Å². The van der Waals surface area contributed by atoms with Crippen LogP contribution in [0.25, 0.3) is 0 Å². The first-order valence-corrected chi connectivity index (χ1v) is 8.22. The van der Waals surface area contributed by atoms with Crippen LogP contribution in [0.5, 0.6) is 0 Å². The Kier molecular flexibility index (Phi) is 6.31. The number of hydrogen-bond acceptors (Lipinski definition) is 3.